The van der Waals surface area contributed by atoms with Gasteiger partial charge in [-0.2, -0.15) is 10.2 Å². The highest BCUT2D eigenvalue weighted by Crippen LogP contribution is 1.94. The van der Waals surface area contributed by atoms with E-state index in [1.54, 1.807) is 12.3 Å². The first-order chi connectivity index (χ1) is 6.68. The van der Waals surface area contributed by atoms with Crippen LogP contribution in [0.15, 0.2) is 18.3 Å². The quantitative estimate of drug-likeness (QED) is 0.712. The molecule has 0 saturated heterocycles. The van der Waals surface area contributed by atoms with Crippen molar-refractivity contribution in [2.24, 2.45) is 0 Å². The molecule has 1 unspecified atom stereocenters. The van der Waals surface area contributed by atoms with Crippen molar-refractivity contribution in [1.82, 2.24) is 15.5 Å². The van der Waals surface area contributed by atoms with Gasteiger partial charge < -0.3 is 10.4 Å². The van der Waals surface area contributed by atoms with E-state index < -0.39 is 5.97 Å². The lowest BCUT2D eigenvalue weighted by atomic mass is 10.2. The second-order valence-electron chi connectivity index (χ2n) is 3.09. The topological polar surface area (TPSA) is 75.1 Å². The van der Waals surface area contributed by atoms with Gasteiger partial charge in [-0.25, -0.2) is 0 Å². The summed E-state index contributed by atoms with van der Waals surface area (Å²) in [5, 5.41) is 19.1. The molecule has 5 nitrogen and oxygen atoms in total. The summed E-state index contributed by atoms with van der Waals surface area (Å²) in [4.78, 5) is 10.4. The summed E-state index contributed by atoms with van der Waals surface area (Å²) < 4.78 is 0. The maximum absolute atomic E-state index is 10.4. The van der Waals surface area contributed by atoms with Crippen LogP contribution < -0.4 is 5.32 Å². The number of hydrogen-bond acceptors (Lipinski definition) is 4. The Labute approximate surface area is 82.2 Å². The monoisotopic (exact) mass is 195 g/mol. The van der Waals surface area contributed by atoms with E-state index in [0.29, 0.717) is 6.54 Å². The van der Waals surface area contributed by atoms with Crippen LogP contribution in [0.3, 0.4) is 0 Å². The van der Waals surface area contributed by atoms with Gasteiger partial charge in [-0.15, -0.1) is 0 Å². The number of carboxylic acid groups (broad SMARTS) is 1. The molecular weight excluding hydrogens is 182 g/mol. The fraction of sp³-hybridized carbons (Fsp3) is 0.444. The van der Waals surface area contributed by atoms with Gasteiger partial charge in [0.2, 0.25) is 0 Å². The first kappa shape index (κ1) is 10.6. The number of rotatable bonds is 5. The minimum atomic E-state index is -0.802. The molecule has 2 N–H and O–H groups in total. The molecule has 0 saturated carbocycles. The van der Waals surface area contributed by atoms with Gasteiger partial charge in [0, 0.05) is 18.8 Å². The number of aliphatic carboxylic acids is 1. The van der Waals surface area contributed by atoms with E-state index in [1.807, 2.05) is 13.0 Å². The Morgan fingerprint density at radius 2 is 2.50 bits per heavy atom. The lowest BCUT2D eigenvalue weighted by Gasteiger charge is -2.09. The van der Waals surface area contributed by atoms with E-state index in [4.69, 9.17) is 5.11 Å². The third-order valence-electron chi connectivity index (χ3n) is 1.74. The molecule has 0 aliphatic carbocycles. The van der Waals surface area contributed by atoms with Crippen molar-refractivity contribution in [2.75, 3.05) is 0 Å². The summed E-state index contributed by atoms with van der Waals surface area (Å²) in [6, 6.07) is 3.58. The van der Waals surface area contributed by atoms with E-state index in [1.165, 1.54) is 0 Å². The van der Waals surface area contributed by atoms with Crippen LogP contribution in [0.25, 0.3) is 0 Å². The number of carbonyl (C=O) groups is 1. The molecule has 1 atom stereocenters. The third kappa shape index (κ3) is 3.95. The molecule has 0 radical (unpaired) electrons. The maximum Gasteiger partial charge on any atom is 0.304 e. The predicted octanol–water partition coefficient (Wildman–Crippen LogP) is 0.429. The second-order valence-corrected chi connectivity index (χ2v) is 3.09. The molecule has 0 aliphatic rings. The predicted molar refractivity (Wildman–Crippen MR) is 50.6 cm³/mol. The summed E-state index contributed by atoms with van der Waals surface area (Å²) in [5.41, 5.74) is 0.810. The smallest absolute Gasteiger partial charge is 0.304 e. The lowest BCUT2D eigenvalue weighted by Crippen LogP contribution is -2.28. The Morgan fingerprint density at radius 3 is 3.07 bits per heavy atom. The van der Waals surface area contributed by atoms with E-state index in [9.17, 15) is 4.79 Å². The van der Waals surface area contributed by atoms with Gasteiger partial charge in [0.05, 0.1) is 12.1 Å². The van der Waals surface area contributed by atoms with Crippen LogP contribution in [0.2, 0.25) is 0 Å². The maximum atomic E-state index is 10.4. The van der Waals surface area contributed by atoms with E-state index in [0.717, 1.165) is 5.69 Å². The van der Waals surface area contributed by atoms with Crippen molar-refractivity contribution in [3.63, 3.8) is 0 Å². The molecule has 1 aromatic rings. The zero-order chi connectivity index (χ0) is 10.4. The Morgan fingerprint density at radius 1 is 1.71 bits per heavy atom. The van der Waals surface area contributed by atoms with Gasteiger partial charge in [-0.1, -0.05) is 0 Å². The van der Waals surface area contributed by atoms with Gasteiger partial charge in [-0.3, -0.25) is 4.79 Å². The highest BCUT2D eigenvalue weighted by Gasteiger charge is 2.06. The summed E-state index contributed by atoms with van der Waals surface area (Å²) in [7, 11) is 0. The highest BCUT2D eigenvalue weighted by atomic mass is 16.4. The summed E-state index contributed by atoms with van der Waals surface area (Å²) >= 11 is 0. The molecule has 0 fully saturated rings. The Kier molecular flexibility index (Phi) is 4.00. The number of nitrogens with one attached hydrogen (secondary N) is 1. The second kappa shape index (κ2) is 5.29. The van der Waals surface area contributed by atoms with Crippen molar-refractivity contribution in [1.29, 1.82) is 0 Å². The number of nitrogens with zero attached hydrogens (tertiary/aromatic N) is 2. The molecule has 76 valence electrons. The number of aromatic nitrogens is 2. The molecule has 0 bridgehead atoms. The van der Waals surface area contributed by atoms with Crippen LogP contribution in [0.4, 0.5) is 0 Å². The fourth-order valence-corrected chi connectivity index (χ4v) is 1.04. The largest absolute Gasteiger partial charge is 0.481 e. The minimum Gasteiger partial charge on any atom is -0.481 e. The molecule has 0 aliphatic heterocycles. The third-order valence-corrected chi connectivity index (χ3v) is 1.74. The highest BCUT2D eigenvalue weighted by molar-refractivity contribution is 5.67. The lowest BCUT2D eigenvalue weighted by molar-refractivity contribution is -0.137. The van der Waals surface area contributed by atoms with Crippen LogP contribution in [-0.2, 0) is 11.3 Å². The average molecular weight is 195 g/mol. The van der Waals surface area contributed by atoms with Crippen molar-refractivity contribution in [3.8, 4) is 0 Å². The molecule has 1 heterocycles. The van der Waals surface area contributed by atoms with Crippen molar-refractivity contribution in [3.05, 3.63) is 24.0 Å². The van der Waals surface area contributed by atoms with Gasteiger partial charge >= 0.3 is 5.97 Å². The SMILES string of the molecule is CC(CC(=O)O)NCc1cccnn1. The first-order valence-electron chi connectivity index (χ1n) is 4.40. The molecule has 1 rings (SSSR count). The molecule has 5 heteroatoms. The van der Waals surface area contributed by atoms with Crippen LogP contribution in [0, 0.1) is 0 Å². The van der Waals surface area contributed by atoms with Gasteiger partial charge in [0.25, 0.3) is 0 Å². The van der Waals surface area contributed by atoms with Crippen molar-refractivity contribution >= 4 is 5.97 Å². The minimum absolute atomic E-state index is 0.0606. The van der Waals surface area contributed by atoms with E-state index >= 15 is 0 Å². The van der Waals surface area contributed by atoms with Gasteiger partial charge in [0.1, 0.15) is 0 Å². The van der Waals surface area contributed by atoms with Crippen molar-refractivity contribution in [2.45, 2.75) is 25.9 Å². The number of hydrogen-bond donors (Lipinski definition) is 2. The van der Waals surface area contributed by atoms with Gasteiger partial charge in [0.15, 0.2) is 0 Å². The zero-order valence-corrected chi connectivity index (χ0v) is 7.97. The van der Waals surface area contributed by atoms with Crippen molar-refractivity contribution < 1.29 is 9.90 Å². The normalized spacial score (nSPS) is 12.4. The van der Waals surface area contributed by atoms with E-state index in [2.05, 4.69) is 15.5 Å². The summed E-state index contributed by atoms with van der Waals surface area (Å²) in [5.74, 6) is -0.802. The molecule has 14 heavy (non-hydrogen) atoms. The Balaban J connectivity index is 2.30. The number of carboxylic acids is 1. The molecule has 1 aromatic heterocycles. The van der Waals surface area contributed by atoms with Crippen LogP contribution in [0.5, 0.6) is 0 Å². The molecule has 0 amide bonds. The Hall–Kier alpha value is -1.49. The summed E-state index contributed by atoms with van der Waals surface area (Å²) in [6.45, 7) is 2.37. The molecule has 0 aromatic carbocycles. The average Bonchev–Trinajstić information content (AvgIpc) is 2.15. The van der Waals surface area contributed by atoms with Crippen LogP contribution in [0.1, 0.15) is 19.0 Å². The van der Waals surface area contributed by atoms with Crippen LogP contribution >= 0.6 is 0 Å². The van der Waals surface area contributed by atoms with Crippen LogP contribution in [-0.4, -0.2) is 27.3 Å². The zero-order valence-electron chi connectivity index (χ0n) is 7.97. The summed E-state index contributed by atoms with van der Waals surface area (Å²) in [6.07, 6.45) is 1.71. The standard InChI is InChI=1S/C9H13N3O2/c1-7(5-9(13)14)10-6-8-3-2-4-11-12-8/h2-4,7,10H,5-6H2,1H3,(H,13,14). The van der Waals surface area contributed by atoms with Gasteiger partial charge in [-0.05, 0) is 19.1 Å². The first-order valence-corrected chi connectivity index (χ1v) is 4.40. The molecular formula is C9H13N3O2. The molecule has 0 spiro atoms. The Bertz CT molecular complexity index is 289. The fourth-order valence-electron chi connectivity index (χ4n) is 1.04. The van der Waals surface area contributed by atoms with E-state index in [-0.39, 0.29) is 12.5 Å².